The Morgan fingerprint density at radius 3 is 2.47 bits per heavy atom. The van der Waals surface area contributed by atoms with Crippen molar-refractivity contribution in [2.24, 2.45) is 0 Å². The van der Waals surface area contributed by atoms with Crippen molar-refractivity contribution in [2.75, 3.05) is 0 Å². The van der Waals surface area contributed by atoms with Gasteiger partial charge in [0.05, 0.1) is 11.3 Å². The molecule has 1 heterocycles. The lowest BCUT2D eigenvalue weighted by molar-refractivity contribution is -0.137. The highest BCUT2D eigenvalue weighted by molar-refractivity contribution is 6.28. The van der Waals surface area contributed by atoms with Gasteiger partial charge in [-0.3, -0.25) is 4.57 Å². The zero-order chi connectivity index (χ0) is 12.6. The lowest BCUT2D eigenvalue weighted by Gasteiger charge is -2.10. The molecule has 17 heavy (non-hydrogen) atoms. The zero-order valence-electron chi connectivity index (χ0n) is 8.04. The Balaban J connectivity index is 2.58. The number of rotatable bonds is 1. The predicted molar refractivity (Wildman–Crippen MR) is 51.3 cm³/mol. The molecule has 90 valence electrons. The molecule has 1 aromatic heterocycles. The van der Waals surface area contributed by atoms with Crippen LogP contribution < -0.4 is 0 Å². The van der Waals surface area contributed by atoms with Crippen LogP contribution in [0.2, 0.25) is 5.28 Å². The lowest BCUT2D eigenvalue weighted by atomic mass is 10.2. The first-order valence-electron chi connectivity index (χ1n) is 4.32. The molecule has 0 fully saturated rings. The Labute approximate surface area is 97.6 Å². The Morgan fingerprint density at radius 2 is 1.94 bits per heavy atom. The third-order valence-electron chi connectivity index (χ3n) is 2.04. The Kier molecular flexibility index (Phi) is 2.78. The first-order valence-corrected chi connectivity index (χ1v) is 4.70. The molecule has 8 heteroatoms. The molecule has 0 bridgehead atoms. The van der Waals surface area contributed by atoms with Crippen LogP contribution in [0.1, 0.15) is 5.56 Å². The van der Waals surface area contributed by atoms with Crippen molar-refractivity contribution in [2.45, 2.75) is 6.18 Å². The van der Waals surface area contributed by atoms with Gasteiger partial charge in [0.25, 0.3) is 0 Å². The molecule has 1 aromatic carbocycles. The third kappa shape index (κ3) is 2.23. The smallest absolute Gasteiger partial charge is 0.269 e. The number of nitrogens with zero attached hydrogens (tertiary/aromatic N) is 3. The van der Waals surface area contributed by atoms with Gasteiger partial charge < -0.3 is 0 Å². The van der Waals surface area contributed by atoms with Crippen LogP contribution in [0.4, 0.5) is 17.6 Å². The van der Waals surface area contributed by atoms with E-state index in [1.165, 1.54) is 0 Å². The maximum Gasteiger partial charge on any atom is 0.416 e. The molecule has 0 unspecified atom stereocenters. The number of aromatic nitrogens is 3. The van der Waals surface area contributed by atoms with Crippen LogP contribution in [0.5, 0.6) is 0 Å². The monoisotopic (exact) mass is 265 g/mol. The van der Waals surface area contributed by atoms with Crippen molar-refractivity contribution in [3.05, 3.63) is 41.2 Å². The fourth-order valence-electron chi connectivity index (χ4n) is 1.26. The van der Waals surface area contributed by atoms with Gasteiger partial charge in [0, 0.05) is 0 Å². The van der Waals surface area contributed by atoms with E-state index in [1.54, 1.807) is 0 Å². The molecule has 0 aliphatic carbocycles. The summed E-state index contributed by atoms with van der Waals surface area (Å²) in [6, 6.07) is 2.01. The van der Waals surface area contributed by atoms with Gasteiger partial charge in [-0.1, -0.05) is 0 Å². The van der Waals surface area contributed by atoms with E-state index in [0.717, 1.165) is 10.9 Å². The van der Waals surface area contributed by atoms with E-state index in [2.05, 4.69) is 10.2 Å². The number of alkyl halides is 3. The second-order valence-electron chi connectivity index (χ2n) is 3.13. The number of halogens is 5. The summed E-state index contributed by atoms with van der Waals surface area (Å²) in [6.07, 6.45) is -3.52. The van der Waals surface area contributed by atoms with Gasteiger partial charge in [0.15, 0.2) is 0 Å². The second kappa shape index (κ2) is 3.99. The van der Waals surface area contributed by atoms with Crippen LogP contribution in [0.15, 0.2) is 24.5 Å². The summed E-state index contributed by atoms with van der Waals surface area (Å²) < 4.78 is 51.7. The Bertz CT molecular complexity index is 549. The molecule has 0 N–H and O–H groups in total. The first kappa shape index (κ1) is 11.8. The minimum atomic E-state index is -4.55. The summed E-state index contributed by atoms with van der Waals surface area (Å²) >= 11 is 5.55. The molecule has 0 amide bonds. The minimum absolute atomic E-state index is 0.219. The van der Waals surface area contributed by atoms with Crippen LogP contribution >= 0.6 is 11.6 Å². The molecule has 0 saturated heterocycles. The van der Waals surface area contributed by atoms with Crippen molar-refractivity contribution >= 4 is 11.6 Å². The van der Waals surface area contributed by atoms with Crippen LogP contribution in [-0.2, 0) is 6.18 Å². The molecule has 0 aliphatic rings. The summed E-state index contributed by atoms with van der Waals surface area (Å²) in [5.74, 6) is -0.848. The number of benzene rings is 1. The Hall–Kier alpha value is -1.63. The minimum Gasteiger partial charge on any atom is -0.269 e. The standard InChI is InChI=1S/C9H4ClF4N3/c10-8-16-15-4-17(8)7-3-5(9(12,13)14)1-2-6(7)11/h1-4H. The molecule has 0 radical (unpaired) electrons. The SMILES string of the molecule is Fc1ccc(C(F)(F)F)cc1-n1cnnc1Cl. The van der Waals surface area contributed by atoms with Gasteiger partial charge in [-0.25, -0.2) is 4.39 Å². The van der Waals surface area contributed by atoms with Gasteiger partial charge in [0.1, 0.15) is 12.1 Å². The molecular weight excluding hydrogens is 262 g/mol. The number of hydrogen-bond acceptors (Lipinski definition) is 2. The van der Waals surface area contributed by atoms with E-state index < -0.39 is 17.6 Å². The molecule has 0 aliphatic heterocycles. The third-order valence-corrected chi connectivity index (χ3v) is 2.30. The fraction of sp³-hybridized carbons (Fsp3) is 0.111. The van der Waals surface area contributed by atoms with Crippen LogP contribution in [0.25, 0.3) is 5.69 Å². The highest BCUT2D eigenvalue weighted by atomic mass is 35.5. The largest absolute Gasteiger partial charge is 0.416 e. The Morgan fingerprint density at radius 1 is 1.24 bits per heavy atom. The van der Waals surface area contributed by atoms with E-state index in [0.29, 0.717) is 18.2 Å². The van der Waals surface area contributed by atoms with E-state index >= 15 is 0 Å². The molecule has 3 nitrogen and oxygen atoms in total. The van der Waals surface area contributed by atoms with Crippen LogP contribution in [0, 0.1) is 5.82 Å². The average Bonchev–Trinajstić information content (AvgIpc) is 2.63. The van der Waals surface area contributed by atoms with E-state index in [4.69, 9.17) is 11.6 Å². The first-order chi connectivity index (χ1) is 7.89. The van der Waals surface area contributed by atoms with Crippen molar-refractivity contribution in [3.8, 4) is 5.69 Å². The van der Waals surface area contributed by atoms with Gasteiger partial charge in [-0.2, -0.15) is 13.2 Å². The molecule has 2 aromatic rings. The normalized spacial score (nSPS) is 11.8. The van der Waals surface area contributed by atoms with E-state index in [9.17, 15) is 17.6 Å². The van der Waals surface area contributed by atoms with Gasteiger partial charge in [0.2, 0.25) is 5.28 Å². The van der Waals surface area contributed by atoms with Gasteiger partial charge in [-0.15, -0.1) is 10.2 Å². The van der Waals surface area contributed by atoms with Crippen molar-refractivity contribution in [1.29, 1.82) is 0 Å². The number of hydrogen-bond donors (Lipinski definition) is 0. The highest BCUT2D eigenvalue weighted by Crippen LogP contribution is 2.31. The maximum atomic E-state index is 13.4. The highest BCUT2D eigenvalue weighted by Gasteiger charge is 2.31. The summed E-state index contributed by atoms with van der Waals surface area (Å²) in [5.41, 5.74) is -1.33. The quantitative estimate of drug-likeness (QED) is 0.742. The molecule has 0 spiro atoms. The van der Waals surface area contributed by atoms with Crippen LogP contribution in [0.3, 0.4) is 0 Å². The topological polar surface area (TPSA) is 30.7 Å². The lowest BCUT2D eigenvalue weighted by Crippen LogP contribution is -2.07. The van der Waals surface area contributed by atoms with E-state index in [-0.39, 0.29) is 11.0 Å². The summed E-state index contributed by atoms with van der Waals surface area (Å²) in [5, 5.41) is 6.50. The van der Waals surface area contributed by atoms with Crippen LogP contribution in [-0.4, -0.2) is 14.8 Å². The zero-order valence-corrected chi connectivity index (χ0v) is 8.80. The second-order valence-corrected chi connectivity index (χ2v) is 3.47. The summed E-state index contributed by atoms with van der Waals surface area (Å²) in [7, 11) is 0. The van der Waals surface area contributed by atoms with E-state index in [1.807, 2.05) is 0 Å². The summed E-state index contributed by atoms with van der Waals surface area (Å²) in [6.45, 7) is 0. The molecule has 0 saturated carbocycles. The molecular formula is C9H4ClF4N3. The predicted octanol–water partition coefficient (Wildman–Crippen LogP) is 3.08. The van der Waals surface area contributed by atoms with Gasteiger partial charge >= 0.3 is 6.18 Å². The van der Waals surface area contributed by atoms with Crippen molar-refractivity contribution in [3.63, 3.8) is 0 Å². The van der Waals surface area contributed by atoms with Crippen molar-refractivity contribution in [1.82, 2.24) is 14.8 Å². The fourth-order valence-corrected chi connectivity index (χ4v) is 1.43. The molecule has 2 rings (SSSR count). The average molecular weight is 266 g/mol. The summed E-state index contributed by atoms with van der Waals surface area (Å²) in [4.78, 5) is 0. The maximum absolute atomic E-state index is 13.4. The van der Waals surface area contributed by atoms with Gasteiger partial charge in [-0.05, 0) is 29.8 Å². The molecule has 0 atom stereocenters. The van der Waals surface area contributed by atoms with Crippen molar-refractivity contribution < 1.29 is 17.6 Å².